The molecule has 0 bridgehead atoms. The van der Waals surface area contributed by atoms with Gasteiger partial charge < -0.3 is 11.1 Å². The quantitative estimate of drug-likeness (QED) is 0.726. The molecule has 25 heavy (non-hydrogen) atoms. The Morgan fingerprint density at radius 2 is 1.92 bits per heavy atom. The number of carbonyl (C=O) groups is 3. The molecule has 1 unspecified atom stereocenters. The Morgan fingerprint density at radius 1 is 1.28 bits per heavy atom. The number of anilines is 1. The molecule has 0 aromatic heterocycles. The van der Waals surface area contributed by atoms with Crippen LogP contribution < -0.4 is 21.5 Å². The average molecular weight is 367 g/mol. The first-order valence-electron chi connectivity index (χ1n) is 8.18. The molecule has 7 nitrogen and oxygen atoms in total. The first-order valence-corrected chi connectivity index (χ1v) is 8.18. The molecule has 1 heterocycles. The molecule has 0 radical (unpaired) electrons. The number of nitrogens with one attached hydrogen (secondary N) is 2. The van der Waals surface area contributed by atoms with Gasteiger partial charge in [0.25, 0.3) is 5.91 Å². The number of hydrogen-bond acceptors (Lipinski definition) is 4. The van der Waals surface area contributed by atoms with Gasteiger partial charge in [-0.25, -0.2) is 5.01 Å². The number of carbonyl (C=O) groups excluding carboxylic acids is 3. The Bertz CT molecular complexity index is 675. The van der Waals surface area contributed by atoms with Crippen molar-refractivity contribution in [1.82, 2.24) is 10.7 Å². The number of hydrogen-bond donors (Lipinski definition) is 3. The molecule has 1 aliphatic carbocycles. The van der Waals surface area contributed by atoms with Gasteiger partial charge >= 0.3 is 0 Å². The fourth-order valence-corrected chi connectivity index (χ4v) is 2.92. The zero-order valence-corrected chi connectivity index (χ0v) is 14.9. The van der Waals surface area contributed by atoms with Crippen molar-refractivity contribution < 1.29 is 14.4 Å². The molecular formula is C17H23ClN4O3. The lowest BCUT2D eigenvalue weighted by molar-refractivity contribution is -0.130. The molecule has 2 fully saturated rings. The van der Waals surface area contributed by atoms with E-state index in [9.17, 15) is 14.4 Å². The highest BCUT2D eigenvalue weighted by Gasteiger charge is 2.41. The van der Waals surface area contributed by atoms with E-state index in [4.69, 9.17) is 5.73 Å². The maximum absolute atomic E-state index is 12.4. The summed E-state index contributed by atoms with van der Waals surface area (Å²) in [5.74, 6) is -0.113. The summed E-state index contributed by atoms with van der Waals surface area (Å²) in [6, 6.07) is 6.58. The van der Waals surface area contributed by atoms with Crippen molar-refractivity contribution in [3.63, 3.8) is 0 Å². The zero-order valence-electron chi connectivity index (χ0n) is 14.1. The average Bonchev–Trinajstić information content (AvgIpc) is 3.42. The van der Waals surface area contributed by atoms with Gasteiger partial charge in [0.2, 0.25) is 11.8 Å². The van der Waals surface area contributed by atoms with Gasteiger partial charge in [-0.2, -0.15) is 0 Å². The van der Waals surface area contributed by atoms with E-state index < -0.39 is 0 Å². The highest BCUT2D eigenvalue weighted by atomic mass is 35.5. The van der Waals surface area contributed by atoms with Crippen molar-refractivity contribution >= 4 is 35.8 Å². The van der Waals surface area contributed by atoms with Crippen LogP contribution in [0.2, 0.25) is 0 Å². The predicted molar refractivity (Wildman–Crippen MR) is 96.2 cm³/mol. The van der Waals surface area contributed by atoms with E-state index in [1.165, 1.54) is 5.01 Å². The maximum atomic E-state index is 12.4. The number of hydrazine groups is 1. The Morgan fingerprint density at radius 3 is 2.48 bits per heavy atom. The van der Waals surface area contributed by atoms with Crippen LogP contribution in [0.3, 0.4) is 0 Å². The minimum absolute atomic E-state index is 0. The summed E-state index contributed by atoms with van der Waals surface area (Å²) in [6.07, 6.45) is 2.56. The summed E-state index contributed by atoms with van der Waals surface area (Å²) in [4.78, 5) is 35.8. The van der Waals surface area contributed by atoms with Gasteiger partial charge in [-0.3, -0.25) is 19.8 Å². The SMILES string of the molecule is CC(CN)(NC(=O)c1ccc(N2NC(=O)CCC2=O)cc1)C1CC1.Cl. The van der Waals surface area contributed by atoms with Crippen LogP contribution in [0.25, 0.3) is 0 Å². The van der Waals surface area contributed by atoms with E-state index >= 15 is 0 Å². The van der Waals surface area contributed by atoms with Gasteiger partial charge in [-0.1, -0.05) is 0 Å². The Kier molecular flexibility index (Phi) is 5.69. The summed E-state index contributed by atoms with van der Waals surface area (Å²) in [5.41, 5.74) is 9.00. The van der Waals surface area contributed by atoms with Crippen LogP contribution in [0.4, 0.5) is 5.69 Å². The molecule has 4 N–H and O–H groups in total. The first-order chi connectivity index (χ1) is 11.4. The smallest absolute Gasteiger partial charge is 0.251 e. The zero-order chi connectivity index (χ0) is 17.3. The van der Waals surface area contributed by atoms with Crippen molar-refractivity contribution in [2.75, 3.05) is 11.6 Å². The lowest BCUT2D eigenvalue weighted by atomic mass is 9.95. The van der Waals surface area contributed by atoms with Gasteiger partial charge in [-0.05, 0) is 49.9 Å². The minimum atomic E-state index is -0.382. The van der Waals surface area contributed by atoms with Crippen LogP contribution >= 0.6 is 12.4 Å². The fraction of sp³-hybridized carbons (Fsp3) is 0.471. The highest BCUT2D eigenvalue weighted by Crippen LogP contribution is 2.39. The van der Waals surface area contributed by atoms with E-state index in [2.05, 4.69) is 10.7 Å². The summed E-state index contributed by atoms with van der Waals surface area (Å²) in [5, 5.41) is 4.25. The van der Waals surface area contributed by atoms with Crippen LogP contribution in [0, 0.1) is 5.92 Å². The van der Waals surface area contributed by atoms with Crippen molar-refractivity contribution in [3.05, 3.63) is 29.8 Å². The summed E-state index contributed by atoms with van der Waals surface area (Å²) in [7, 11) is 0. The van der Waals surface area contributed by atoms with Crippen LogP contribution in [0.1, 0.15) is 43.0 Å². The molecule has 1 saturated heterocycles. The Labute approximate surface area is 152 Å². The van der Waals surface area contributed by atoms with E-state index in [1.807, 2.05) is 6.92 Å². The van der Waals surface area contributed by atoms with Crippen molar-refractivity contribution in [2.45, 2.75) is 38.1 Å². The Hall–Kier alpha value is -2.12. The van der Waals surface area contributed by atoms with Crippen LogP contribution in [0.5, 0.6) is 0 Å². The third kappa shape index (κ3) is 4.11. The highest BCUT2D eigenvalue weighted by molar-refractivity contribution is 6.01. The van der Waals surface area contributed by atoms with E-state index in [0.29, 0.717) is 23.7 Å². The molecule has 3 rings (SSSR count). The van der Waals surface area contributed by atoms with Crippen LogP contribution in [-0.4, -0.2) is 29.8 Å². The number of benzene rings is 1. The third-order valence-electron chi connectivity index (χ3n) is 4.74. The number of amides is 3. The number of nitrogens with zero attached hydrogens (tertiary/aromatic N) is 1. The van der Waals surface area contributed by atoms with Crippen molar-refractivity contribution in [2.24, 2.45) is 11.7 Å². The predicted octanol–water partition coefficient (Wildman–Crippen LogP) is 1.12. The van der Waals surface area contributed by atoms with Gasteiger partial charge in [-0.15, -0.1) is 12.4 Å². The Balaban J connectivity index is 0.00000225. The minimum Gasteiger partial charge on any atom is -0.345 e. The van der Waals surface area contributed by atoms with Gasteiger partial charge in [0.05, 0.1) is 11.2 Å². The van der Waals surface area contributed by atoms with Crippen molar-refractivity contribution in [1.29, 1.82) is 0 Å². The fourth-order valence-electron chi connectivity index (χ4n) is 2.92. The maximum Gasteiger partial charge on any atom is 0.251 e. The van der Waals surface area contributed by atoms with Gasteiger partial charge in [0.1, 0.15) is 0 Å². The molecule has 1 aromatic rings. The molecule has 1 aromatic carbocycles. The second kappa shape index (κ2) is 7.41. The number of nitrogens with two attached hydrogens (primary N) is 1. The summed E-state index contributed by atoms with van der Waals surface area (Å²) >= 11 is 0. The molecule has 136 valence electrons. The molecule has 1 atom stereocenters. The van der Waals surface area contributed by atoms with Crippen LogP contribution in [0.15, 0.2) is 24.3 Å². The molecule has 1 aliphatic heterocycles. The van der Waals surface area contributed by atoms with Gasteiger partial charge in [0, 0.05) is 24.9 Å². The second-order valence-corrected chi connectivity index (χ2v) is 6.66. The monoisotopic (exact) mass is 366 g/mol. The first kappa shape index (κ1) is 19.2. The van der Waals surface area contributed by atoms with Crippen molar-refractivity contribution in [3.8, 4) is 0 Å². The molecule has 1 saturated carbocycles. The van der Waals surface area contributed by atoms with E-state index in [1.54, 1.807) is 24.3 Å². The molecule has 8 heteroatoms. The normalized spacial score (nSPS) is 19.5. The van der Waals surface area contributed by atoms with Crippen LogP contribution in [-0.2, 0) is 9.59 Å². The molecular weight excluding hydrogens is 344 g/mol. The lowest BCUT2D eigenvalue weighted by Gasteiger charge is -2.30. The summed E-state index contributed by atoms with van der Waals surface area (Å²) < 4.78 is 0. The number of rotatable bonds is 5. The topological polar surface area (TPSA) is 105 Å². The molecule has 0 spiro atoms. The number of halogens is 1. The molecule has 3 amide bonds. The second-order valence-electron chi connectivity index (χ2n) is 6.66. The third-order valence-corrected chi connectivity index (χ3v) is 4.74. The lowest BCUT2D eigenvalue weighted by Crippen LogP contribution is -2.53. The molecule has 2 aliphatic rings. The summed E-state index contributed by atoms with van der Waals surface area (Å²) in [6.45, 7) is 2.37. The van der Waals surface area contributed by atoms with E-state index in [0.717, 1.165) is 12.8 Å². The largest absolute Gasteiger partial charge is 0.345 e. The standard InChI is InChI=1S/C17H22N4O3.ClH/c1-17(10-18,12-4-5-12)19-16(24)11-2-6-13(7-3-11)21-15(23)9-8-14(22)20-21;/h2-3,6-7,12H,4-5,8-10,18H2,1H3,(H,19,24)(H,20,22);1H. The van der Waals surface area contributed by atoms with Gasteiger partial charge in [0.15, 0.2) is 0 Å². The van der Waals surface area contributed by atoms with E-state index in [-0.39, 0.29) is 48.5 Å².